The zero-order valence-electron chi connectivity index (χ0n) is 14.7. The van der Waals surface area contributed by atoms with Crippen molar-refractivity contribution in [1.29, 1.82) is 0 Å². The first-order valence-electron chi connectivity index (χ1n) is 8.65. The lowest BCUT2D eigenvalue weighted by molar-refractivity contribution is 0.0682. The van der Waals surface area contributed by atoms with Crippen LogP contribution in [-0.2, 0) is 0 Å². The van der Waals surface area contributed by atoms with Crippen LogP contribution in [0.1, 0.15) is 47.4 Å². The van der Waals surface area contributed by atoms with Gasteiger partial charge >= 0.3 is 0 Å². The van der Waals surface area contributed by atoms with E-state index in [9.17, 15) is 9.59 Å². The quantitative estimate of drug-likeness (QED) is 0.860. The topological polar surface area (TPSA) is 62.3 Å². The molecule has 5 nitrogen and oxygen atoms in total. The second-order valence-corrected chi connectivity index (χ2v) is 6.72. The summed E-state index contributed by atoms with van der Waals surface area (Å²) >= 11 is 0. The van der Waals surface area contributed by atoms with Crippen LogP contribution in [0.25, 0.3) is 0 Å². The number of nitrogens with zero attached hydrogens (tertiary/aromatic N) is 2. The van der Waals surface area contributed by atoms with Crippen LogP contribution in [-0.4, -0.2) is 34.7 Å². The van der Waals surface area contributed by atoms with E-state index in [1.165, 1.54) is 6.42 Å². The molecule has 3 rings (SSSR count). The van der Waals surface area contributed by atoms with Crippen molar-refractivity contribution < 1.29 is 9.59 Å². The molecule has 1 atom stereocenters. The van der Waals surface area contributed by atoms with E-state index in [1.54, 1.807) is 31.5 Å². The zero-order chi connectivity index (χ0) is 17.8. The number of hydrogen-bond acceptors (Lipinski definition) is 4. The van der Waals surface area contributed by atoms with Crippen LogP contribution in [0.15, 0.2) is 42.7 Å². The molecule has 130 valence electrons. The number of amides is 1. The largest absolute Gasteiger partial charge is 0.354 e. The number of likely N-dealkylation sites (tertiary alicyclic amines) is 1. The maximum absolute atomic E-state index is 12.7. The van der Waals surface area contributed by atoms with Crippen LogP contribution in [0, 0.1) is 5.92 Å². The van der Waals surface area contributed by atoms with Gasteiger partial charge in [0.25, 0.3) is 5.91 Å². The summed E-state index contributed by atoms with van der Waals surface area (Å²) in [5.74, 6) is 0.623. The molecule has 0 spiro atoms. The molecule has 25 heavy (non-hydrogen) atoms. The highest BCUT2D eigenvalue weighted by molar-refractivity contribution is 5.95. The number of Topliss-reactive ketones (excluding diaryl/α,β-unsaturated/α-hetero) is 1. The van der Waals surface area contributed by atoms with Crippen LogP contribution in [0.2, 0.25) is 0 Å². The van der Waals surface area contributed by atoms with Crippen molar-refractivity contribution in [1.82, 2.24) is 9.88 Å². The Labute approximate surface area is 148 Å². The fraction of sp³-hybridized carbons (Fsp3) is 0.350. The van der Waals surface area contributed by atoms with Crippen molar-refractivity contribution in [2.24, 2.45) is 5.92 Å². The van der Waals surface area contributed by atoms with Crippen LogP contribution in [0.5, 0.6) is 0 Å². The summed E-state index contributed by atoms with van der Waals surface area (Å²) in [7, 11) is 0. The first-order chi connectivity index (χ1) is 12.0. The van der Waals surface area contributed by atoms with Crippen molar-refractivity contribution in [3.05, 3.63) is 53.9 Å². The Morgan fingerprint density at radius 2 is 1.88 bits per heavy atom. The molecule has 0 saturated carbocycles. The molecule has 0 radical (unpaired) electrons. The van der Waals surface area contributed by atoms with Crippen molar-refractivity contribution in [2.75, 3.05) is 18.4 Å². The zero-order valence-corrected chi connectivity index (χ0v) is 14.7. The predicted molar refractivity (Wildman–Crippen MR) is 98.3 cm³/mol. The molecule has 0 bridgehead atoms. The number of nitrogens with one attached hydrogen (secondary N) is 1. The first-order valence-corrected chi connectivity index (χ1v) is 8.65. The molecule has 1 fully saturated rings. The van der Waals surface area contributed by atoms with Gasteiger partial charge in [0.1, 0.15) is 0 Å². The molecular weight excluding hydrogens is 314 g/mol. The molecule has 1 unspecified atom stereocenters. The number of anilines is 2. The third kappa shape index (κ3) is 4.24. The monoisotopic (exact) mass is 337 g/mol. The van der Waals surface area contributed by atoms with E-state index in [0.29, 0.717) is 17.0 Å². The molecule has 5 heteroatoms. The average Bonchev–Trinajstić information content (AvgIpc) is 2.62. The molecule has 1 aromatic heterocycles. The van der Waals surface area contributed by atoms with E-state index in [2.05, 4.69) is 17.2 Å². The molecule has 2 heterocycles. The van der Waals surface area contributed by atoms with Gasteiger partial charge in [0.15, 0.2) is 5.78 Å². The van der Waals surface area contributed by atoms with Crippen molar-refractivity contribution in [3.63, 3.8) is 0 Å². The molecule has 1 saturated heterocycles. The van der Waals surface area contributed by atoms with Crippen molar-refractivity contribution >= 4 is 23.1 Å². The summed E-state index contributed by atoms with van der Waals surface area (Å²) in [6, 6.07) is 9.08. The highest BCUT2D eigenvalue weighted by Crippen LogP contribution is 2.21. The summed E-state index contributed by atoms with van der Waals surface area (Å²) in [6.07, 6.45) is 5.54. The molecule has 1 aliphatic rings. The van der Waals surface area contributed by atoms with Gasteiger partial charge in [-0.15, -0.1) is 0 Å². The van der Waals surface area contributed by atoms with Crippen LogP contribution < -0.4 is 5.32 Å². The van der Waals surface area contributed by atoms with E-state index in [-0.39, 0.29) is 11.7 Å². The van der Waals surface area contributed by atoms with E-state index >= 15 is 0 Å². The average molecular weight is 337 g/mol. The van der Waals surface area contributed by atoms with Gasteiger partial charge in [0, 0.05) is 30.5 Å². The molecule has 1 amide bonds. The smallest absolute Gasteiger partial charge is 0.255 e. The Bertz CT molecular complexity index is 771. The van der Waals surface area contributed by atoms with Crippen LogP contribution in [0.3, 0.4) is 0 Å². The van der Waals surface area contributed by atoms with Crippen LogP contribution in [0.4, 0.5) is 11.4 Å². The maximum atomic E-state index is 12.7. The lowest BCUT2D eigenvalue weighted by Gasteiger charge is -2.31. The third-order valence-corrected chi connectivity index (χ3v) is 4.51. The number of carbonyl (C=O) groups is 2. The Kier molecular flexibility index (Phi) is 5.12. The van der Waals surface area contributed by atoms with Crippen LogP contribution >= 0.6 is 0 Å². The number of ketones is 1. The van der Waals surface area contributed by atoms with Crippen molar-refractivity contribution in [2.45, 2.75) is 26.7 Å². The standard InChI is InChI=1S/C20H23N3O2/c1-14-4-3-9-23(13-14)20(25)17-10-19(12-21-11-17)22-18-7-5-16(6-8-18)15(2)24/h5-8,10-12,14,22H,3-4,9,13H2,1-2H3. The Balaban J connectivity index is 1.72. The van der Waals surface area contributed by atoms with Gasteiger partial charge in [0.05, 0.1) is 17.4 Å². The van der Waals surface area contributed by atoms with Crippen molar-refractivity contribution in [3.8, 4) is 0 Å². The number of pyridine rings is 1. The second kappa shape index (κ2) is 7.47. The van der Waals surface area contributed by atoms with Gasteiger partial charge in [-0.1, -0.05) is 6.92 Å². The summed E-state index contributed by atoms with van der Waals surface area (Å²) in [6.45, 7) is 5.35. The predicted octanol–water partition coefficient (Wildman–Crippen LogP) is 3.90. The van der Waals surface area contributed by atoms with Gasteiger partial charge in [-0.2, -0.15) is 0 Å². The van der Waals surface area contributed by atoms with Gasteiger partial charge in [-0.05, 0) is 56.0 Å². The van der Waals surface area contributed by atoms with Gasteiger partial charge in [0.2, 0.25) is 0 Å². The fourth-order valence-corrected chi connectivity index (χ4v) is 3.14. The summed E-state index contributed by atoms with van der Waals surface area (Å²) in [5.41, 5.74) is 2.88. The Morgan fingerprint density at radius 3 is 2.56 bits per heavy atom. The third-order valence-electron chi connectivity index (χ3n) is 4.51. The molecule has 1 N–H and O–H groups in total. The number of piperidine rings is 1. The van der Waals surface area contributed by atoms with Gasteiger partial charge in [-0.3, -0.25) is 14.6 Å². The lowest BCUT2D eigenvalue weighted by Crippen LogP contribution is -2.39. The molecule has 2 aromatic rings. The lowest BCUT2D eigenvalue weighted by atomic mass is 10.00. The van der Waals surface area contributed by atoms with E-state index in [0.717, 1.165) is 30.9 Å². The Hall–Kier alpha value is -2.69. The Morgan fingerprint density at radius 1 is 1.12 bits per heavy atom. The normalized spacial score (nSPS) is 17.2. The molecule has 1 aliphatic heterocycles. The minimum Gasteiger partial charge on any atom is -0.354 e. The van der Waals surface area contributed by atoms with E-state index < -0.39 is 0 Å². The number of aromatic nitrogens is 1. The summed E-state index contributed by atoms with van der Waals surface area (Å²) < 4.78 is 0. The highest BCUT2D eigenvalue weighted by Gasteiger charge is 2.22. The maximum Gasteiger partial charge on any atom is 0.255 e. The SMILES string of the molecule is CC(=O)c1ccc(Nc2cncc(C(=O)N3CCCC(C)C3)c2)cc1. The summed E-state index contributed by atoms with van der Waals surface area (Å²) in [5, 5.41) is 3.23. The first kappa shape index (κ1) is 17.1. The highest BCUT2D eigenvalue weighted by atomic mass is 16.2. The minimum absolute atomic E-state index is 0.0367. The molecule has 0 aliphatic carbocycles. The number of benzene rings is 1. The number of hydrogen-bond donors (Lipinski definition) is 1. The molecular formula is C20H23N3O2. The van der Waals surface area contributed by atoms with E-state index in [4.69, 9.17) is 0 Å². The number of carbonyl (C=O) groups excluding carboxylic acids is 2. The second-order valence-electron chi connectivity index (χ2n) is 6.72. The molecule has 1 aromatic carbocycles. The van der Waals surface area contributed by atoms with Gasteiger partial charge < -0.3 is 10.2 Å². The van der Waals surface area contributed by atoms with E-state index in [1.807, 2.05) is 23.1 Å². The minimum atomic E-state index is 0.0367. The number of rotatable bonds is 4. The fourth-order valence-electron chi connectivity index (χ4n) is 3.14. The summed E-state index contributed by atoms with van der Waals surface area (Å²) in [4.78, 5) is 30.1. The van der Waals surface area contributed by atoms with Gasteiger partial charge in [-0.25, -0.2) is 0 Å².